The maximum absolute atomic E-state index is 13.3. The van der Waals surface area contributed by atoms with Gasteiger partial charge >= 0.3 is 0 Å². The molecule has 2 atom stereocenters. The van der Waals surface area contributed by atoms with Crippen molar-refractivity contribution < 1.29 is 19.1 Å². The lowest BCUT2D eigenvalue weighted by atomic mass is 9.88. The third kappa shape index (κ3) is 3.99. The van der Waals surface area contributed by atoms with Crippen LogP contribution < -0.4 is 9.47 Å². The molecular formula is C24H28N2O4. The molecule has 0 N–H and O–H groups in total. The van der Waals surface area contributed by atoms with Gasteiger partial charge in [0.15, 0.2) is 0 Å². The lowest BCUT2D eigenvalue weighted by Crippen LogP contribution is -2.37. The maximum atomic E-state index is 13.3. The van der Waals surface area contributed by atoms with Crippen molar-refractivity contribution in [2.45, 2.75) is 18.8 Å². The van der Waals surface area contributed by atoms with Crippen molar-refractivity contribution in [2.24, 2.45) is 5.92 Å². The van der Waals surface area contributed by atoms with E-state index in [4.69, 9.17) is 9.47 Å². The van der Waals surface area contributed by atoms with Gasteiger partial charge in [0.05, 0.1) is 20.1 Å². The number of amides is 2. The molecule has 2 heterocycles. The summed E-state index contributed by atoms with van der Waals surface area (Å²) in [5, 5.41) is 0. The SMILES string of the molecule is COc1ccc([C@@H]2CN(C(=O)c3cccc(OC)c3)C[C@@H]2C(=O)N2CCCC2)cc1. The first-order valence-corrected chi connectivity index (χ1v) is 10.5. The highest BCUT2D eigenvalue weighted by molar-refractivity contribution is 5.95. The number of likely N-dealkylation sites (tertiary alicyclic amines) is 2. The summed E-state index contributed by atoms with van der Waals surface area (Å²) >= 11 is 0. The van der Waals surface area contributed by atoms with E-state index in [0.29, 0.717) is 24.4 Å². The van der Waals surface area contributed by atoms with E-state index in [1.807, 2.05) is 46.2 Å². The predicted molar refractivity (Wildman–Crippen MR) is 114 cm³/mol. The van der Waals surface area contributed by atoms with Crippen molar-refractivity contribution in [3.05, 3.63) is 59.7 Å². The Hall–Kier alpha value is -3.02. The molecule has 0 radical (unpaired) electrons. The molecule has 0 spiro atoms. The number of hydrogen-bond donors (Lipinski definition) is 0. The Balaban J connectivity index is 1.60. The molecule has 2 saturated heterocycles. The quantitative estimate of drug-likeness (QED) is 0.763. The van der Waals surface area contributed by atoms with Crippen molar-refractivity contribution in [3.8, 4) is 11.5 Å². The summed E-state index contributed by atoms with van der Waals surface area (Å²) in [7, 11) is 3.22. The molecule has 0 aromatic heterocycles. The number of hydrogen-bond acceptors (Lipinski definition) is 4. The fourth-order valence-electron chi connectivity index (χ4n) is 4.52. The van der Waals surface area contributed by atoms with Crippen LogP contribution in [0.5, 0.6) is 11.5 Å². The maximum Gasteiger partial charge on any atom is 0.254 e. The van der Waals surface area contributed by atoms with Gasteiger partial charge in [0.1, 0.15) is 11.5 Å². The third-order valence-electron chi connectivity index (χ3n) is 6.20. The lowest BCUT2D eigenvalue weighted by Gasteiger charge is -2.24. The van der Waals surface area contributed by atoms with Crippen molar-refractivity contribution in [3.63, 3.8) is 0 Å². The van der Waals surface area contributed by atoms with Crippen LogP contribution in [-0.4, -0.2) is 62.0 Å². The molecule has 0 bridgehead atoms. The topological polar surface area (TPSA) is 59.1 Å². The van der Waals surface area contributed by atoms with Crippen LogP contribution in [0.15, 0.2) is 48.5 Å². The van der Waals surface area contributed by atoms with Crippen LogP contribution in [0.2, 0.25) is 0 Å². The standard InChI is InChI=1S/C24H28N2O4/c1-29-19-10-8-17(9-11-19)21-15-26(16-22(21)24(28)25-12-3-4-13-25)23(27)18-6-5-7-20(14-18)30-2/h5-11,14,21-22H,3-4,12-13,15-16H2,1-2H3/t21-,22-/m0/s1. The summed E-state index contributed by atoms with van der Waals surface area (Å²) in [6, 6.07) is 15.0. The van der Waals surface area contributed by atoms with Crippen LogP contribution >= 0.6 is 0 Å². The van der Waals surface area contributed by atoms with Gasteiger partial charge < -0.3 is 19.3 Å². The average molecular weight is 408 g/mol. The zero-order valence-corrected chi connectivity index (χ0v) is 17.5. The summed E-state index contributed by atoms with van der Waals surface area (Å²) in [4.78, 5) is 30.3. The highest BCUT2D eigenvalue weighted by atomic mass is 16.5. The number of methoxy groups -OCH3 is 2. The number of carbonyl (C=O) groups is 2. The summed E-state index contributed by atoms with van der Waals surface area (Å²) in [6.07, 6.45) is 2.11. The normalized spacial score (nSPS) is 21.0. The number of carbonyl (C=O) groups excluding carboxylic acids is 2. The van der Waals surface area contributed by atoms with Crippen molar-refractivity contribution in [1.29, 1.82) is 0 Å². The minimum absolute atomic E-state index is 0.0291. The molecule has 6 heteroatoms. The Morgan fingerprint density at radius 1 is 0.867 bits per heavy atom. The van der Waals surface area contributed by atoms with Crippen LogP contribution in [0.4, 0.5) is 0 Å². The second-order valence-electron chi connectivity index (χ2n) is 7.96. The molecule has 0 unspecified atom stereocenters. The smallest absolute Gasteiger partial charge is 0.254 e. The summed E-state index contributed by atoms with van der Waals surface area (Å²) in [5.41, 5.74) is 1.64. The van der Waals surface area contributed by atoms with E-state index in [9.17, 15) is 9.59 Å². The van der Waals surface area contributed by atoms with Crippen molar-refractivity contribution in [1.82, 2.24) is 9.80 Å². The zero-order chi connectivity index (χ0) is 21.1. The minimum Gasteiger partial charge on any atom is -0.497 e. The first-order valence-electron chi connectivity index (χ1n) is 10.5. The third-order valence-corrected chi connectivity index (χ3v) is 6.20. The Morgan fingerprint density at radius 2 is 1.57 bits per heavy atom. The lowest BCUT2D eigenvalue weighted by molar-refractivity contribution is -0.134. The van der Waals surface area contributed by atoms with Crippen molar-refractivity contribution >= 4 is 11.8 Å². The van der Waals surface area contributed by atoms with E-state index in [1.54, 1.807) is 26.4 Å². The molecule has 0 saturated carbocycles. The molecule has 2 aliphatic rings. The van der Waals surface area contributed by atoms with Gasteiger partial charge in [-0.25, -0.2) is 0 Å². The second kappa shape index (κ2) is 8.78. The van der Waals surface area contributed by atoms with E-state index in [2.05, 4.69) is 0 Å². The van der Waals surface area contributed by atoms with E-state index >= 15 is 0 Å². The molecule has 0 aliphatic carbocycles. The molecule has 2 amide bonds. The fraction of sp³-hybridized carbons (Fsp3) is 0.417. The van der Waals surface area contributed by atoms with E-state index in [1.165, 1.54) is 0 Å². The average Bonchev–Trinajstić information content (AvgIpc) is 3.49. The van der Waals surface area contributed by atoms with Crippen LogP contribution in [0.1, 0.15) is 34.7 Å². The molecule has 2 aromatic carbocycles. The monoisotopic (exact) mass is 408 g/mol. The molecule has 2 fully saturated rings. The first kappa shape index (κ1) is 20.3. The van der Waals surface area contributed by atoms with Gasteiger partial charge in [-0.3, -0.25) is 9.59 Å². The van der Waals surface area contributed by atoms with E-state index < -0.39 is 0 Å². The molecule has 4 rings (SSSR count). The molecule has 30 heavy (non-hydrogen) atoms. The van der Waals surface area contributed by atoms with Gasteiger partial charge in [-0.1, -0.05) is 18.2 Å². The van der Waals surface area contributed by atoms with Gasteiger partial charge in [0.25, 0.3) is 5.91 Å². The Labute approximate surface area is 177 Å². The van der Waals surface area contributed by atoms with Gasteiger partial charge in [-0.15, -0.1) is 0 Å². The van der Waals surface area contributed by atoms with Gasteiger partial charge in [0, 0.05) is 37.7 Å². The van der Waals surface area contributed by atoms with Crippen LogP contribution in [0.25, 0.3) is 0 Å². The summed E-state index contributed by atoms with van der Waals surface area (Å²) in [5.74, 6) is 1.27. The highest BCUT2D eigenvalue weighted by Crippen LogP contribution is 2.36. The second-order valence-corrected chi connectivity index (χ2v) is 7.96. The molecule has 6 nitrogen and oxygen atoms in total. The summed E-state index contributed by atoms with van der Waals surface area (Å²) in [6.45, 7) is 2.58. The van der Waals surface area contributed by atoms with Crippen LogP contribution in [0.3, 0.4) is 0 Å². The minimum atomic E-state index is -0.231. The fourth-order valence-corrected chi connectivity index (χ4v) is 4.52. The highest BCUT2D eigenvalue weighted by Gasteiger charge is 2.42. The molecular weight excluding hydrogens is 380 g/mol. The summed E-state index contributed by atoms with van der Waals surface area (Å²) < 4.78 is 10.5. The number of rotatable bonds is 5. The van der Waals surface area contributed by atoms with Crippen molar-refractivity contribution in [2.75, 3.05) is 40.4 Å². The van der Waals surface area contributed by atoms with Crippen LogP contribution in [-0.2, 0) is 4.79 Å². The molecule has 158 valence electrons. The van der Waals surface area contributed by atoms with Gasteiger partial charge in [-0.2, -0.15) is 0 Å². The first-order chi connectivity index (χ1) is 14.6. The van der Waals surface area contributed by atoms with Gasteiger partial charge in [-0.05, 0) is 48.7 Å². The largest absolute Gasteiger partial charge is 0.497 e. The number of nitrogens with zero attached hydrogens (tertiary/aromatic N) is 2. The molecule has 2 aromatic rings. The number of benzene rings is 2. The van der Waals surface area contributed by atoms with E-state index in [0.717, 1.165) is 37.2 Å². The Morgan fingerprint density at radius 3 is 2.23 bits per heavy atom. The Kier molecular flexibility index (Phi) is 5.93. The molecule has 2 aliphatic heterocycles. The number of ether oxygens (including phenoxy) is 2. The van der Waals surface area contributed by atoms with Gasteiger partial charge in [0.2, 0.25) is 5.91 Å². The predicted octanol–water partition coefficient (Wildman–Crippen LogP) is 3.18. The van der Waals surface area contributed by atoms with E-state index in [-0.39, 0.29) is 23.7 Å². The van der Waals surface area contributed by atoms with Crippen LogP contribution in [0, 0.1) is 5.92 Å². The Bertz CT molecular complexity index is 906. The zero-order valence-electron chi connectivity index (χ0n) is 17.5.